The largest absolute Gasteiger partial charge is 0.281 e. The van der Waals surface area contributed by atoms with Crippen LogP contribution >= 0.6 is 11.6 Å². The molecule has 0 atom stereocenters. The van der Waals surface area contributed by atoms with Crippen molar-refractivity contribution in [1.29, 1.82) is 0 Å². The first-order valence-electron chi connectivity index (χ1n) is 6.45. The minimum absolute atomic E-state index is 0.199. The summed E-state index contributed by atoms with van der Waals surface area (Å²) >= 11 is 5.87. The zero-order chi connectivity index (χ0) is 15.8. The number of rotatable bonds is 4. The molecule has 2 rings (SSSR count). The quantitative estimate of drug-likeness (QED) is 0.906. The van der Waals surface area contributed by atoms with Crippen LogP contribution in [-0.2, 0) is 15.6 Å². The zero-order valence-electron chi connectivity index (χ0n) is 12.4. The lowest BCUT2D eigenvalue weighted by molar-refractivity contribution is 0.471. The van der Waals surface area contributed by atoms with Crippen LogP contribution in [0.1, 0.15) is 30.8 Å². The highest BCUT2D eigenvalue weighted by Gasteiger charge is 2.31. The van der Waals surface area contributed by atoms with Gasteiger partial charge in [0, 0.05) is 5.02 Å². The lowest BCUT2D eigenvalue weighted by Gasteiger charge is -2.26. The summed E-state index contributed by atoms with van der Waals surface area (Å²) in [6.07, 6.45) is 0. The van der Waals surface area contributed by atoms with Crippen LogP contribution in [0.5, 0.6) is 0 Å². The molecule has 1 aromatic heterocycles. The Bertz CT molecular complexity index is 730. The molecule has 0 spiro atoms. The van der Waals surface area contributed by atoms with Crippen molar-refractivity contribution in [2.24, 2.45) is 0 Å². The van der Waals surface area contributed by atoms with Crippen molar-refractivity contribution >= 4 is 21.6 Å². The highest BCUT2D eigenvalue weighted by Crippen LogP contribution is 2.26. The van der Waals surface area contributed by atoms with E-state index in [9.17, 15) is 8.42 Å². The fraction of sp³-hybridized carbons (Fsp3) is 0.357. The number of sulfonamides is 1. The predicted molar refractivity (Wildman–Crippen MR) is 82.9 cm³/mol. The number of aryl methyl sites for hydroxylation is 2. The molecule has 1 heterocycles. The Labute approximate surface area is 129 Å². The molecule has 0 bridgehead atoms. The molecule has 0 saturated carbocycles. The van der Waals surface area contributed by atoms with E-state index < -0.39 is 15.6 Å². The number of H-pyrrole nitrogens is 1. The van der Waals surface area contributed by atoms with Gasteiger partial charge in [0.25, 0.3) is 0 Å². The summed E-state index contributed by atoms with van der Waals surface area (Å²) in [5.41, 5.74) is 1.03. The topological polar surface area (TPSA) is 74.8 Å². The maximum Gasteiger partial charge on any atom is 0.245 e. The summed E-state index contributed by atoms with van der Waals surface area (Å²) in [5.74, 6) is 0. The molecule has 2 N–H and O–H groups in total. The van der Waals surface area contributed by atoms with Gasteiger partial charge in [0.2, 0.25) is 10.0 Å². The van der Waals surface area contributed by atoms with E-state index in [2.05, 4.69) is 14.9 Å². The van der Waals surface area contributed by atoms with E-state index in [0.717, 1.165) is 5.56 Å². The molecule has 7 heteroatoms. The summed E-state index contributed by atoms with van der Waals surface area (Å²) in [5, 5.41) is 7.23. The van der Waals surface area contributed by atoms with Crippen LogP contribution in [-0.4, -0.2) is 18.6 Å². The molecule has 0 unspecified atom stereocenters. The van der Waals surface area contributed by atoms with E-state index in [-0.39, 0.29) is 4.90 Å². The maximum atomic E-state index is 12.6. The number of hydrogen-bond acceptors (Lipinski definition) is 3. The van der Waals surface area contributed by atoms with E-state index in [1.807, 2.05) is 0 Å². The number of benzene rings is 1. The fourth-order valence-corrected chi connectivity index (χ4v) is 4.15. The number of hydrogen-bond donors (Lipinski definition) is 2. The second-order valence-electron chi connectivity index (χ2n) is 5.50. The molecule has 1 aromatic carbocycles. The smallest absolute Gasteiger partial charge is 0.245 e. The van der Waals surface area contributed by atoms with Crippen molar-refractivity contribution in [3.05, 3.63) is 46.2 Å². The summed E-state index contributed by atoms with van der Waals surface area (Å²) in [7, 11) is -3.67. The lowest BCUT2D eigenvalue weighted by atomic mass is 9.96. The summed E-state index contributed by atoms with van der Waals surface area (Å²) < 4.78 is 27.9. The van der Waals surface area contributed by atoms with E-state index in [1.54, 1.807) is 52.0 Å². The first kappa shape index (κ1) is 16.0. The minimum atomic E-state index is -3.67. The van der Waals surface area contributed by atoms with Crippen molar-refractivity contribution in [3.8, 4) is 0 Å². The number of aromatic amines is 1. The molecule has 2 aromatic rings. The maximum absolute atomic E-state index is 12.6. The Kier molecular flexibility index (Phi) is 4.15. The van der Waals surface area contributed by atoms with Crippen LogP contribution in [0.4, 0.5) is 0 Å². The SMILES string of the molecule is Cc1n[nH]c(C)c1S(=O)(=O)NC(C)(C)c1ccc(Cl)cc1. The highest BCUT2D eigenvalue weighted by atomic mass is 35.5. The Morgan fingerprint density at radius 2 is 1.76 bits per heavy atom. The Hall–Kier alpha value is -1.37. The van der Waals surface area contributed by atoms with Crippen LogP contribution in [0.2, 0.25) is 5.02 Å². The van der Waals surface area contributed by atoms with Gasteiger partial charge in [-0.3, -0.25) is 5.10 Å². The average Bonchev–Trinajstić information content (AvgIpc) is 2.68. The molecular formula is C14H18ClN3O2S. The van der Waals surface area contributed by atoms with Crippen LogP contribution < -0.4 is 4.72 Å². The summed E-state index contributed by atoms with van der Waals surface area (Å²) in [4.78, 5) is 0.199. The second kappa shape index (κ2) is 5.44. The molecular weight excluding hydrogens is 310 g/mol. The van der Waals surface area contributed by atoms with E-state index in [4.69, 9.17) is 11.6 Å². The Morgan fingerprint density at radius 1 is 1.19 bits per heavy atom. The first-order chi connectivity index (χ1) is 9.63. The van der Waals surface area contributed by atoms with Crippen molar-refractivity contribution < 1.29 is 8.42 Å². The molecule has 0 radical (unpaired) electrons. The van der Waals surface area contributed by atoms with Gasteiger partial charge in [-0.1, -0.05) is 23.7 Å². The molecule has 0 fully saturated rings. The zero-order valence-corrected chi connectivity index (χ0v) is 13.9. The average molecular weight is 328 g/mol. The van der Waals surface area contributed by atoms with Gasteiger partial charge in [-0.05, 0) is 45.4 Å². The monoisotopic (exact) mass is 327 g/mol. The van der Waals surface area contributed by atoms with Crippen LogP contribution in [0.3, 0.4) is 0 Å². The number of aromatic nitrogens is 2. The molecule has 0 aliphatic heterocycles. The van der Waals surface area contributed by atoms with Gasteiger partial charge in [0.15, 0.2) is 0 Å². The van der Waals surface area contributed by atoms with Crippen LogP contribution in [0.25, 0.3) is 0 Å². The molecule has 0 aliphatic carbocycles. The summed E-state index contributed by atoms with van der Waals surface area (Å²) in [6, 6.07) is 7.09. The van der Waals surface area contributed by atoms with Gasteiger partial charge in [-0.25, -0.2) is 13.1 Å². The minimum Gasteiger partial charge on any atom is -0.281 e. The van der Waals surface area contributed by atoms with Gasteiger partial charge in [-0.15, -0.1) is 0 Å². The summed E-state index contributed by atoms with van der Waals surface area (Å²) in [6.45, 7) is 6.95. The van der Waals surface area contributed by atoms with Crippen LogP contribution in [0.15, 0.2) is 29.2 Å². The fourth-order valence-electron chi connectivity index (χ4n) is 2.25. The molecule has 0 saturated heterocycles. The number of halogens is 1. The van der Waals surface area contributed by atoms with Crippen molar-refractivity contribution in [2.45, 2.75) is 38.1 Å². The molecule has 21 heavy (non-hydrogen) atoms. The third-order valence-corrected chi connectivity index (χ3v) is 5.45. The molecule has 5 nitrogen and oxygen atoms in total. The second-order valence-corrected chi connectivity index (χ2v) is 7.56. The molecule has 0 amide bonds. The first-order valence-corrected chi connectivity index (χ1v) is 8.31. The number of nitrogens with one attached hydrogen (secondary N) is 2. The van der Waals surface area contributed by atoms with E-state index >= 15 is 0 Å². The van der Waals surface area contributed by atoms with Crippen LogP contribution in [0, 0.1) is 13.8 Å². The van der Waals surface area contributed by atoms with Crippen molar-refractivity contribution in [2.75, 3.05) is 0 Å². The number of nitrogens with zero attached hydrogens (tertiary/aromatic N) is 1. The van der Waals surface area contributed by atoms with Crippen molar-refractivity contribution in [3.63, 3.8) is 0 Å². The molecule has 0 aliphatic rings. The molecule has 114 valence electrons. The van der Waals surface area contributed by atoms with Gasteiger partial charge in [0.1, 0.15) is 4.90 Å². The van der Waals surface area contributed by atoms with Crippen molar-refractivity contribution in [1.82, 2.24) is 14.9 Å². The lowest BCUT2D eigenvalue weighted by Crippen LogP contribution is -2.41. The van der Waals surface area contributed by atoms with Gasteiger partial charge >= 0.3 is 0 Å². The van der Waals surface area contributed by atoms with Gasteiger partial charge in [0.05, 0.1) is 16.9 Å². The Morgan fingerprint density at radius 3 is 2.24 bits per heavy atom. The third-order valence-electron chi connectivity index (χ3n) is 3.28. The normalized spacial score (nSPS) is 12.6. The van der Waals surface area contributed by atoms with E-state index in [1.165, 1.54) is 0 Å². The highest BCUT2D eigenvalue weighted by molar-refractivity contribution is 7.89. The third kappa shape index (κ3) is 3.28. The Balaban J connectivity index is 2.37. The van der Waals surface area contributed by atoms with E-state index in [0.29, 0.717) is 16.4 Å². The predicted octanol–water partition coefficient (Wildman–Crippen LogP) is 2.89. The standard InChI is InChI=1S/C14H18ClN3O2S/c1-9-13(10(2)17-16-9)21(19,20)18-14(3,4)11-5-7-12(15)8-6-11/h5-8,18H,1-4H3,(H,16,17). The van der Waals surface area contributed by atoms with Gasteiger partial charge < -0.3 is 0 Å². The van der Waals surface area contributed by atoms with Gasteiger partial charge in [-0.2, -0.15) is 5.10 Å².